The molecule has 0 saturated carbocycles. The molecule has 0 atom stereocenters. The van der Waals surface area contributed by atoms with Crippen molar-refractivity contribution in [1.82, 2.24) is 10.4 Å². The highest BCUT2D eigenvalue weighted by atomic mass is 35.5. The van der Waals surface area contributed by atoms with Gasteiger partial charge in [-0.3, -0.25) is 10.4 Å². The Kier molecular flexibility index (Phi) is 7.77. The van der Waals surface area contributed by atoms with E-state index >= 15 is 0 Å². The van der Waals surface area contributed by atoms with Gasteiger partial charge in [-0.25, -0.2) is 0 Å². The molecule has 0 amide bonds. The summed E-state index contributed by atoms with van der Waals surface area (Å²) in [4.78, 5) is 4.89. The topological polar surface area (TPSA) is 49.3 Å². The van der Waals surface area contributed by atoms with E-state index in [1.54, 1.807) is 48.5 Å². The molecule has 31 heavy (non-hydrogen) atoms. The molecule has 0 unspecified atom stereocenters. The van der Waals surface area contributed by atoms with Crippen LogP contribution in [0.3, 0.4) is 0 Å². The van der Waals surface area contributed by atoms with Gasteiger partial charge in [0.25, 0.3) is 0 Å². The Hall–Kier alpha value is -2.33. The molecule has 2 aromatic carbocycles. The number of hydrogen-bond donors (Lipinski definition) is 2. The lowest BCUT2D eigenvalue weighted by atomic mass is 10.2. The zero-order valence-corrected chi connectivity index (χ0v) is 18.6. The smallest absolute Gasteiger partial charge is 0.331 e. The van der Waals surface area contributed by atoms with Crippen molar-refractivity contribution < 1.29 is 13.2 Å². The lowest BCUT2D eigenvalue weighted by Gasteiger charge is -2.11. The third-order valence-corrected chi connectivity index (χ3v) is 5.46. The molecular formula is C20H13Cl2F3N4S2. The summed E-state index contributed by atoms with van der Waals surface area (Å²) < 4.78 is 39.4. The van der Waals surface area contributed by atoms with Crippen molar-refractivity contribution in [2.24, 2.45) is 5.10 Å². The first-order chi connectivity index (χ1) is 14.7. The van der Waals surface area contributed by atoms with Gasteiger partial charge in [-0.05, 0) is 66.8 Å². The normalized spacial score (nSPS) is 11.5. The quantitative estimate of drug-likeness (QED) is 0.227. The van der Waals surface area contributed by atoms with Crippen LogP contribution in [0.5, 0.6) is 0 Å². The van der Waals surface area contributed by atoms with Crippen LogP contribution in [0.25, 0.3) is 0 Å². The van der Waals surface area contributed by atoms with E-state index in [4.69, 9.17) is 35.4 Å². The molecule has 4 nitrogen and oxygen atoms in total. The van der Waals surface area contributed by atoms with E-state index in [-0.39, 0.29) is 15.7 Å². The van der Waals surface area contributed by atoms with Crippen LogP contribution in [0, 0.1) is 0 Å². The lowest BCUT2D eigenvalue weighted by molar-refractivity contribution is -0.138. The first-order valence-electron chi connectivity index (χ1n) is 8.57. The number of pyridine rings is 1. The van der Waals surface area contributed by atoms with E-state index in [0.29, 0.717) is 20.6 Å². The predicted octanol–water partition coefficient (Wildman–Crippen LogP) is 6.88. The minimum absolute atomic E-state index is 0.192. The number of aromatic nitrogens is 1. The maximum absolute atomic E-state index is 13.1. The van der Waals surface area contributed by atoms with Crippen LogP contribution in [-0.2, 0) is 6.18 Å². The molecule has 1 heterocycles. The fourth-order valence-corrected chi connectivity index (χ4v) is 3.61. The molecule has 0 aliphatic rings. The molecule has 2 N–H and O–H groups in total. The van der Waals surface area contributed by atoms with Gasteiger partial charge in [0, 0.05) is 31.7 Å². The van der Waals surface area contributed by atoms with Gasteiger partial charge >= 0.3 is 6.18 Å². The second kappa shape index (κ2) is 10.3. The Bertz CT molecular complexity index is 1090. The summed E-state index contributed by atoms with van der Waals surface area (Å²) >= 11 is 18.0. The van der Waals surface area contributed by atoms with Crippen molar-refractivity contribution >= 4 is 64.2 Å². The summed E-state index contributed by atoms with van der Waals surface area (Å²) in [5.74, 6) is 0. The van der Waals surface area contributed by atoms with E-state index in [2.05, 4.69) is 20.8 Å². The van der Waals surface area contributed by atoms with Crippen molar-refractivity contribution in [2.45, 2.75) is 16.0 Å². The average molecular weight is 501 g/mol. The number of hydrogen-bond acceptors (Lipinski definition) is 4. The van der Waals surface area contributed by atoms with Gasteiger partial charge in [-0.2, -0.15) is 18.3 Å². The van der Waals surface area contributed by atoms with Gasteiger partial charge in [-0.1, -0.05) is 35.0 Å². The van der Waals surface area contributed by atoms with Crippen LogP contribution in [-0.4, -0.2) is 16.3 Å². The SMILES string of the molecule is FC(F)(F)c1cnc(/C=N\NC(=S)Nc2ccc(Cl)cc2)c(Sc2ccc(Cl)cc2)c1. The van der Waals surface area contributed by atoms with Gasteiger partial charge in [0.1, 0.15) is 0 Å². The highest BCUT2D eigenvalue weighted by Gasteiger charge is 2.31. The van der Waals surface area contributed by atoms with Crippen LogP contribution in [0.4, 0.5) is 18.9 Å². The fourth-order valence-electron chi connectivity index (χ4n) is 2.26. The Balaban J connectivity index is 1.76. The molecule has 0 radical (unpaired) electrons. The standard InChI is InChI=1S/C20H13Cl2F3N4S2/c21-13-1-5-15(6-2-13)28-19(30)29-27-11-17-18(9-12(10-26-17)20(23,24)25)31-16-7-3-14(22)4-8-16/h1-11H,(H2,28,29,30)/b27-11-. The van der Waals surface area contributed by atoms with Crippen LogP contribution in [0.15, 0.2) is 75.7 Å². The molecule has 0 aliphatic carbocycles. The largest absolute Gasteiger partial charge is 0.417 e. The van der Waals surface area contributed by atoms with Crippen molar-refractivity contribution in [2.75, 3.05) is 5.32 Å². The Morgan fingerprint density at radius 1 is 1.03 bits per heavy atom. The number of anilines is 1. The lowest BCUT2D eigenvalue weighted by Crippen LogP contribution is -2.23. The van der Waals surface area contributed by atoms with Gasteiger partial charge in [0.05, 0.1) is 17.5 Å². The molecule has 3 aromatic rings. The molecule has 11 heteroatoms. The predicted molar refractivity (Wildman–Crippen MR) is 123 cm³/mol. The Morgan fingerprint density at radius 3 is 2.26 bits per heavy atom. The number of halogens is 5. The average Bonchev–Trinajstić information content (AvgIpc) is 2.71. The molecule has 160 valence electrons. The van der Waals surface area contributed by atoms with Gasteiger partial charge in [-0.15, -0.1) is 0 Å². The number of nitrogens with zero attached hydrogens (tertiary/aromatic N) is 2. The summed E-state index contributed by atoms with van der Waals surface area (Å²) in [7, 11) is 0. The summed E-state index contributed by atoms with van der Waals surface area (Å²) in [6, 6.07) is 14.6. The Labute approximate surface area is 195 Å². The minimum Gasteiger partial charge on any atom is -0.331 e. The van der Waals surface area contributed by atoms with E-state index < -0.39 is 11.7 Å². The summed E-state index contributed by atoms with van der Waals surface area (Å²) in [6.07, 6.45) is -2.45. The maximum atomic E-state index is 13.1. The second-order valence-electron chi connectivity index (χ2n) is 5.99. The summed E-state index contributed by atoms with van der Waals surface area (Å²) in [5, 5.41) is 8.19. The van der Waals surface area contributed by atoms with E-state index in [0.717, 1.165) is 24.0 Å². The van der Waals surface area contributed by atoms with Gasteiger partial charge < -0.3 is 5.32 Å². The van der Waals surface area contributed by atoms with Crippen molar-refractivity contribution in [3.63, 3.8) is 0 Å². The molecule has 0 spiro atoms. The summed E-state index contributed by atoms with van der Waals surface area (Å²) in [6.45, 7) is 0. The fraction of sp³-hybridized carbons (Fsp3) is 0.0500. The number of rotatable bonds is 5. The molecule has 0 saturated heterocycles. The molecule has 3 rings (SSSR count). The first kappa shape index (κ1) is 23.3. The highest BCUT2D eigenvalue weighted by molar-refractivity contribution is 7.99. The van der Waals surface area contributed by atoms with Crippen molar-refractivity contribution in [1.29, 1.82) is 0 Å². The third-order valence-electron chi connectivity index (χ3n) is 3.71. The molecule has 0 aliphatic heterocycles. The molecule has 0 bridgehead atoms. The van der Waals surface area contributed by atoms with Crippen LogP contribution < -0.4 is 10.7 Å². The van der Waals surface area contributed by atoms with Crippen molar-refractivity contribution in [3.8, 4) is 0 Å². The molecule has 0 fully saturated rings. The van der Waals surface area contributed by atoms with Gasteiger partial charge in [0.2, 0.25) is 0 Å². The maximum Gasteiger partial charge on any atom is 0.417 e. The third kappa shape index (κ3) is 7.10. The Morgan fingerprint density at radius 2 is 1.65 bits per heavy atom. The number of nitrogens with one attached hydrogen (secondary N) is 2. The summed E-state index contributed by atoms with van der Waals surface area (Å²) in [5.41, 5.74) is 2.70. The van der Waals surface area contributed by atoms with Crippen LogP contribution in [0.1, 0.15) is 11.3 Å². The van der Waals surface area contributed by atoms with E-state index in [9.17, 15) is 13.2 Å². The highest BCUT2D eigenvalue weighted by Crippen LogP contribution is 2.35. The minimum atomic E-state index is -4.51. The van der Waals surface area contributed by atoms with Crippen LogP contribution >= 0.6 is 47.2 Å². The number of alkyl halides is 3. The van der Waals surface area contributed by atoms with E-state index in [1.807, 2.05) is 0 Å². The van der Waals surface area contributed by atoms with Crippen molar-refractivity contribution in [3.05, 3.63) is 82.1 Å². The molecule has 1 aromatic heterocycles. The monoisotopic (exact) mass is 500 g/mol. The zero-order chi connectivity index (χ0) is 22.4. The second-order valence-corrected chi connectivity index (χ2v) is 8.39. The number of hydrazone groups is 1. The first-order valence-corrected chi connectivity index (χ1v) is 10.5. The number of thiocarbonyl (C=S) groups is 1. The van der Waals surface area contributed by atoms with Gasteiger partial charge in [0.15, 0.2) is 5.11 Å². The zero-order valence-electron chi connectivity index (χ0n) is 15.5. The van der Waals surface area contributed by atoms with Crippen LogP contribution in [0.2, 0.25) is 10.0 Å². The van der Waals surface area contributed by atoms with E-state index in [1.165, 1.54) is 6.21 Å². The molecular weight excluding hydrogens is 488 g/mol. The number of benzene rings is 2.